The zero-order valence-electron chi connectivity index (χ0n) is 36.7. The van der Waals surface area contributed by atoms with Gasteiger partial charge in [-0.2, -0.15) is 0 Å². The fourth-order valence-electron chi connectivity index (χ4n) is 9.30. The molecule has 0 amide bonds. The summed E-state index contributed by atoms with van der Waals surface area (Å²) >= 11 is 2.88. The van der Waals surface area contributed by atoms with Gasteiger partial charge in [0.15, 0.2) is 0 Å². The van der Waals surface area contributed by atoms with Crippen LogP contribution in [0.15, 0.2) is 109 Å². The third-order valence-electron chi connectivity index (χ3n) is 12.5. The van der Waals surface area contributed by atoms with Crippen LogP contribution in [0.2, 0.25) is 0 Å². The van der Waals surface area contributed by atoms with Gasteiger partial charge in [-0.05, 0) is 0 Å². The van der Waals surface area contributed by atoms with E-state index in [1.165, 1.54) is 141 Å². The first-order valence-electron chi connectivity index (χ1n) is 22.9. The molecule has 0 fully saturated rings. The van der Waals surface area contributed by atoms with E-state index in [1.807, 2.05) is 22.7 Å². The average molecular weight is 961 g/mol. The summed E-state index contributed by atoms with van der Waals surface area (Å²) in [6.07, 6.45) is 22.8. The minimum atomic E-state index is -1.21. The van der Waals surface area contributed by atoms with Gasteiger partial charge in [-0.15, -0.1) is 0 Å². The van der Waals surface area contributed by atoms with Crippen molar-refractivity contribution in [2.24, 2.45) is 0 Å². The van der Waals surface area contributed by atoms with Crippen molar-refractivity contribution in [1.82, 2.24) is 0 Å². The molecule has 2 aliphatic rings. The Hall–Kier alpha value is -2.78. The van der Waals surface area contributed by atoms with E-state index in [0.29, 0.717) is 7.25 Å². The van der Waals surface area contributed by atoms with Crippen molar-refractivity contribution in [2.75, 3.05) is 0 Å². The predicted molar refractivity (Wildman–Crippen MR) is 257 cm³/mol. The van der Waals surface area contributed by atoms with Crippen LogP contribution >= 0.6 is 22.7 Å². The molecule has 0 N–H and O–H groups in total. The second-order valence-electron chi connectivity index (χ2n) is 16.9. The molecule has 0 radical (unpaired) electrons. The largest absolute Gasteiger partial charge is 1.00 e. The third kappa shape index (κ3) is 11.1. The molecule has 2 heterocycles. The van der Waals surface area contributed by atoms with Crippen molar-refractivity contribution in [3.05, 3.63) is 162 Å². The normalized spacial score (nSPS) is 15.0. The molecule has 2 atom stereocenters. The van der Waals surface area contributed by atoms with E-state index in [1.54, 1.807) is 22.3 Å². The first-order valence-corrected chi connectivity index (χ1v) is 27.4. The smallest absolute Gasteiger partial charge is 1.00 e. The zero-order valence-corrected chi connectivity index (χ0v) is 42.3. The van der Waals surface area contributed by atoms with Gasteiger partial charge in [0.05, 0.1) is 0 Å². The second-order valence-corrected chi connectivity index (χ2v) is 22.9. The maximum absolute atomic E-state index is 2.63. The molecule has 61 heavy (non-hydrogen) atoms. The molecule has 5 heteroatoms. The standard InChI is InChI=1S/2C28H31S.2ClH.Zr/c2*1-3-5-6-7-10-21-13-15-22(16-14-21)26-12-8-11-23-19-24(20-27(23)26)28-18-17-25(29-28)9-4-2;;;/h2*8,11-20H,3-7,9-10H2,1-2H3;2*1H;/q;;;;+2/p-2. The fraction of sp³-hybridized carbons (Fsp3) is 0.357. The molecule has 316 valence electrons. The number of aryl methyl sites for hydroxylation is 4. The molecule has 0 saturated heterocycles. The van der Waals surface area contributed by atoms with Crippen molar-refractivity contribution in [3.8, 4) is 22.3 Å². The Morgan fingerprint density at radius 2 is 0.852 bits per heavy atom. The summed E-state index contributed by atoms with van der Waals surface area (Å²) in [5, 5.41) is 0. The molecule has 0 nitrogen and oxygen atoms in total. The first-order chi connectivity index (χ1) is 29.1. The van der Waals surface area contributed by atoms with Gasteiger partial charge in [0.2, 0.25) is 0 Å². The van der Waals surface area contributed by atoms with Crippen molar-refractivity contribution >= 4 is 46.0 Å². The number of rotatable bonds is 20. The summed E-state index contributed by atoms with van der Waals surface area (Å²) in [7, 11) is 0. The molecule has 0 bridgehead atoms. The Labute approximate surface area is 399 Å². The van der Waals surface area contributed by atoms with Crippen LogP contribution in [0.5, 0.6) is 0 Å². The number of thiophene rings is 2. The number of hydrogen-bond donors (Lipinski definition) is 0. The third-order valence-corrected chi connectivity index (χ3v) is 19.6. The molecular formula is C56H62Cl2S2Zr. The average Bonchev–Trinajstić information content (AvgIpc) is 4.08. The minimum Gasteiger partial charge on any atom is -1.00 e. The quantitative estimate of drug-likeness (QED) is 0.0669. The van der Waals surface area contributed by atoms with Crippen molar-refractivity contribution in [3.63, 3.8) is 0 Å². The van der Waals surface area contributed by atoms with Crippen molar-refractivity contribution in [2.45, 2.75) is 125 Å². The Morgan fingerprint density at radius 1 is 0.426 bits per heavy atom. The summed E-state index contributed by atoms with van der Waals surface area (Å²) in [6.45, 7) is 9.21. The predicted octanol–water partition coefficient (Wildman–Crippen LogP) is 11.3. The molecule has 0 spiro atoms. The Morgan fingerprint density at radius 3 is 1.25 bits per heavy atom. The SMILES string of the molecule is CCCCCCc1ccc(-c2cccc3c2C=C(c2ccc(CCC)s2)[CH]3[Zr+2][CH]2C(c3ccc(CCC)s3)=Cc3c(-c4ccc(CCCCCC)cc4)cccc32)cc1.[Cl-].[Cl-]. The number of halogens is 2. The van der Waals surface area contributed by atoms with E-state index < -0.39 is 23.2 Å². The van der Waals surface area contributed by atoms with E-state index in [9.17, 15) is 0 Å². The maximum Gasteiger partial charge on any atom is -1.00 e. The number of hydrogen-bond acceptors (Lipinski definition) is 2. The molecule has 0 aliphatic heterocycles. The van der Waals surface area contributed by atoms with Crippen LogP contribution in [0.3, 0.4) is 0 Å². The van der Waals surface area contributed by atoms with Gasteiger partial charge in [0, 0.05) is 0 Å². The molecule has 2 unspecified atom stereocenters. The Kier molecular flexibility index (Phi) is 18.2. The minimum absolute atomic E-state index is 0. The van der Waals surface area contributed by atoms with Crippen molar-refractivity contribution in [1.29, 1.82) is 0 Å². The molecule has 6 aromatic rings. The molecule has 0 saturated carbocycles. The van der Waals surface area contributed by atoms with E-state index >= 15 is 0 Å². The van der Waals surface area contributed by atoms with Crippen LogP contribution in [-0.4, -0.2) is 0 Å². The fourth-order valence-corrected chi connectivity index (χ4v) is 17.1. The van der Waals surface area contributed by atoms with Crippen LogP contribution in [0.4, 0.5) is 0 Å². The maximum atomic E-state index is 2.63. The van der Waals surface area contributed by atoms with Crippen LogP contribution in [0, 0.1) is 0 Å². The van der Waals surface area contributed by atoms with Gasteiger partial charge in [0.25, 0.3) is 0 Å². The zero-order chi connectivity index (χ0) is 40.6. The summed E-state index contributed by atoms with van der Waals surface area (Å²) < 4.78 is 0.953. The molecule has 2 aromatic heterocycles. The molecular weight excluding hydrogens is 899 g/mol. The Bertz CT molecular complexity index is 2210. The van der Waals surface area contributed by atoms with Crippen LogP contribution < -0.4 is 24.8 Å². The number of unbranched alkanes of at least 4 members (excludes halogenated alkanes) is 6. The Balaban J connectivity index is 0.00000311. The van der Waals surface area contributed by atoms with E-state index in [4.69, 9.17) is 0 Å². The first kappa shape index (κ1) is 47.7. The summed E-state index contributed by atoms with van der Waals surface area (Å²) in [6, 6.07) is 43.3. The van der Waals surface area contributed by atoms with Crippen LogP contribution in [0.1, 0.15) is 152 Å². The summed E-state index contributed by atoms with van der Waals surface area (Å²) in [5.41, 5.74) is 17.6. The van der Waals surface area contributed by atoms with Crippen molar-refractivity contribution < 1.29 is 48.0 Å². The number of allylic oxidation sites excluding steroid dienone is 2. The summed E-state index contributed by atoms with van der Waals surface area (Å²) in [5.74, 6) is 0. The summed E-state index contributed by atoms with van der Waals surface area (Å²) in [4.78, 5) is 6.00. The van der Waals surface area contributed by atoms with Crippen LogP contribution in [-0.2, 0) is 48.9 Å². The van der Waals surface area contributed by atoms with Gasteiger partial charge in [-0.1, -0.05) is 26.7 Å². The van der Waals surface area contributed by atoms with Gasteiger partial charge in [-0.3, -0.25) is 0 Å². The monoisotopic (exact) mass is 958 g/mol. The van der Waals surface area contributed by atoms with E-state index in [-0.39, 0.29) is 24.8 Å². The van der Waals surface area contributed by atoms with Crippen LogP contribution in [0.25, 0.3) is 45.6 Å². The van der Waals surface area contributed by atoms with Gasteiger partial charge in [0.1, 0.15) is 0 Å². The second kappa shape index (κ2) is 23.2. The van der Waals surface area contributed by atoms with E-state index in [0.717, 1.165) is 12.8 Å². The van der Waals surface area contributed by atoms with Gasteiger partial charge < -0.3 is 24.8 Å². The molecule has 4 aromatic carbocycles. The number of benzene rings is 4. The molecule has 8 rings (SSSR count). The topological polar surface area (TPSA) is 0 Å². The number of fused-ring (bicyclic) bond motifs is 2. The van der Waals surface area contributed by atoms with Gasteiger partial charge >= 0.3 is 352 Å². The molecule has 2 aliphatic carbocycles. The van der Waals surface area contributed by atoms with E-state index in [2.05, 4.69) is 149 Å². The van der Waals surface area contributed by atoms with Gasteiger partial charge in [-0.25, -0.2) is 0 Å².